The van der Waals surface area contributed by atoms with E-state index in [1.54, 1.807) is 36.7 Å². The number of rotatable bonds is 3. The van der Waals surface area contributed by atoms with Gasteiger partial charge in [-0.3, -0.25) is 14.6 Å². The number of hydrazone groups is 1. The van der Waals surface area contributed by atoms with E-state index in [0.717, 1.165) is 11.3 Å². The molecule has 1 unspecified atom stereocenters. The van der Waals surface area contributed by atoms with E-state index >= 15 is 0 Å². The number of hydrogen-bond acceptors (Lipinski definition) is 5. The number of pyridine rings is 1. The lowest BCUT2D eigenvalue weighted by Gasteiger charge is -2.20. The Kier molecular flexibility index (Phi) is 4.24. The first-order valence-electron chi connectivity index (χ1n) is 7.52. The van der Waals surface area contributed by atoms with Gasteiger partial charge in [-0.25, -0.2) is 5.43 Å². The van der Waals surface area contributed by atoms with E-state index in [1.165, 1.54) is 0 Å². The van der Waals surface area contributed by atoms with Crippen molar-refractivity contribution in [2.24, 2.45) is 11.0 Å². The van der Waals surface area contributed by atoms with Crippen LogP contribution in [0.25, 0.3) is 0 Å². The predicted octanol–water partition coefficient (Wildman–Crippen LogP) is 1.78. The molecular weight excluding hydrogens is 306 g/mol. The molecule has 1 aromatic heterocycles. The van der Waals surface area contributed by atoms with Crippen LogP contribution in [-0.2, 0) is 4.79 Å². The summed E-state index contributed by atoms with van der Waals surface area (Å²) >= 11 is 0. The minimum atomic E-state index is -0.257. The molecule has 1 atom stereocenters. The third-order valence-corrected chi connectivity index (χ3v) is 3.80. The Morgan fingerprint density at radius 3 is 2.71 bits per heavy atom. The van der Waals surface area contributed by atoms with Crippen molar-refractivity contribution in [3.8, 4) is 0 Å². The van der Waals surface area contributed by atoms with Crippen molar-refractivity contribution in [1.82, 2.24) is 10.4 Å². The van der Waals surface area contributed by atoms with Crippen LogP contribution in [0.5, 0.6) is 0 Å². The van der Waals surface area contributed by atoms with Crippen LogP contribution in [0.2, 0.25) is 0 Å². The van der Waals surface area contributed by atoms with Crippen LogP contribution in [0.15, 0.2) is 47.8 Å². The number of nitrogens with zero attached hydrogens (tertiary/aromatic N) is 2. The highest BCUT2D eigenvalue weighted by molar-refractivity contribution is 6.08. The van der Waals surface area contributed by atoms with Crippen molar-refractivity contribution in [2.75, 3.05) is 11.1 Å². The van der Waals surface area contributed by atoms with Crippen molar-refractivity contribution in [2.45, 2.75) is 13.3 Å². The molecule has 3 rings (SSSR count). The molecule has 7 nitrogen and oxygen atoms in total. The van der Waals surface area contributed by atoms with Gasteiger partial charge >= 0.3 is 0 Å². The molecule has 1 aliphatic rings. The van der Waals surface area contributed by atoms with E-state index in [0.29, 0.717) is 23.4 Å². The van der Waals surface area contributed by atoms with Crippen molar-refractivity contribution in [1.29, 1.82) is 0 Å². The first-order chi connectivity index (χ1) is 11.5. The van der Waals surface area contributed by atoms with Crippen LogP contribution < -0.4 is 16.5 Å². The SMILES string of the molecule is CC1CC(=O)NN=C1c1ccc(NC(=O)c2ccncc2)c(N)c1. The van der Waals surface area contributed by atoms with E-state index in [1.807, 2.05) is 13.0 Å². The molecule has 0 radical (unpaired) electrons. The van der Waals surface area contributed by atoms with Gasteiger partial charge in [0.15, 0.2) is 0 Å². The third kappa shape index (κ3) is 3.24. The average molecular weight is 323 g/mol. The van der Waals surface area contributed by atoms with E-state index in [9.17, 15) is 9.59 Å². The van der Waals surface area contributed by atoms with Gasteiger partial charge < -0.3 is 11.1 Å². The second kappa shape index (κ2) is 6.49. The number of nitrogens with one attached hydrogen (secondary N) is 2. The highest BCUT2D eigenvalue weighted by Gasteiger charge is 2.22. The summed E-state index contributed by atoms with van der Waals surface area (Å²) in [6.45, 7) is 1.94. The van der Waals surface area contributed by atoms with Gasteiger partial charge in [0.25, 0.3) is 5.91 Å². The summed E-state index contributed by atoms with van der Waals surface area (Å²) in [6, 6.07) is 8.55. The highest BCUT2D eigenvalue weighted by Crippen LogP contribution is 2.24. The molecule has 122 valence electrons. The Bertz CT molecular complexity index is 817. The van der Waals surface area contributed by atoms with Gasteiger partial charge in [-0.2, -0.15) is 5.10 Å². The van der Waals surface area contributed by atoms with Crippen molar-refractivity contribution >= 4 is 28.9 Å². The van der Waals surface area contributed by atoms with Crippen LogP contribution in [0.4, 0.5) is 11.4 Å². The molecule has 2 aromatic rings. The predicted molar refractivity (Wildman–Crippen MR) is 91.5 cm³/mol. The lowest BCUT2D eigenvalue weighted by Crippen LogP contribution is -2.32. The summed E-state index contributed by atoms with van der Waals surface area (Å²) in [5, 5.41) is 6.88. The maximum Gasteiger partial charge on any atom is 0.255 e. The van der Waals surface area contributed by atoms with Crippen LogP contribution in [0.3, 0.4) is 0 Å². The molecule has 1 aromatic carbocycles. The molecule has 0 saturated carbocycles. The molecule has 0 saturated heterocycles. The van der Waals surface area contributed by atoms with Gasteiger partial charge in [0.05, 0.1) is 17.1 Å². The Hall–Kier alpha value is -3.22. The second-order valence-electron chi connectivity index (χ2n) is 5.63. The molecule has 1 aliphatic heterocycles. The number of amides is 2. The Balaban J connectivity index is 1.80. The molecule has 24 heavy (non-hydrogen) atoms. The lowest BCUT2D eigenvalue weighted by atomic mass is 9.93. The number of nitrogen functional groups attached to an aromatic ring is 1. The summed E-state index contributed by atoms with van der Waals surface area (Å²) in [4.78, 5) is 27.4. The fourth-order valence-corrected chi connectivity index (χ4v) is 2.54. The largest absolute Gasteiger partial charge is 0.397 e. The zero-order chi connectivity index (χ0) is 17.1. The quantitative estimate of drug-likeness (QED) is 0.748. The smallest absolute Gasteiger partial charge is 0.255 e. The van der Waals surface area contributed by atoms with Crippen LogP contribution in [0, 0.1) is 5.92 Å². The Morgan fingerprint density at radius 1 is 1.29 bits per heavy atom. The molecular formula is C17H17N5O2. The van der Waals surface area contributed by atoms with Crippen molar-refractivity contribution in [3.63, 3.8) is 0 Å². The summed E-state index contributed by atoms with van der Waals surface area (Å²) in [5.41, 5.74) is 11.6. The topological polar surface area (TPSA) is 109 Å². The van der Waals surface area contributed by atoms with E-state index in [-0.39, 0.29) is 17.7 Å². The summed E-state index contributed by atoms with van der Waals surface area (Å²) < 4.78 is 0. The van der Waals surface area contributed by atoms with Gasteiger partial charge in [0.1, 0.15) is 0 Å². The average Bonchev–Trinajstić information content (AvgIpc) is 2.57. The van der Waals surface area contributed by atoms with Crippen LogP contribution >= 0.6 is 0 Å². The number of carbonyl (C=O) groups is 2. The van der Waals surface area contributed by atoms with Crippen molar-refractivity contribution in [3.05, 3.63) is 53.9 Å². The molecule has 2 amide bonds. The number of benzene rings is 1. The fraction of sp³-hybridized carbons (Fsp3) is 0.176. The summed E-state index contributed by atoms with van der Waals surface area (Å²) in [6.07, 6.45) is 3.50. The molecule has 0 bridgehead atoms. The maximum atomic E-state index is 12.2. The molecule has 4 N–H and O–H groups in total. The molecule has 0 fully saturated rings. The van der Waals surface area contributed by atoms with E-state index in [2.05, 4.69) is 20.8 Å². The minimum absolute atomic E-state index is 0.00964. The second-order valence-corrected chi connectivity index (χ2v) is 5.63. The number of hydrogen-bond donors (Lipinski definition) is 3. The van der Waals surface area contributed by atoms with Gasteiger partial charge in [0.2, 0.25) is 5.91 Å². The van der Waals surface area contributed by atoms with Crippen molar-refractivity contribution < 1.29 is 9.59 Å². The summed E-state index contributed by atoms with van der Waals surface area (Å²) in [5.74, 6) is -0.344. The molecule has 0 spiro atoms. The molecule has 7 heteroatoms. The minimum Gasteiger partial charge on any atom is -0.397 e. The van der Waals surface area contributed by atoms with E-state index in [4.69, 9.17) is 5.73 Å². The summed E-state index contributed by atoms with van der Waals surface area (Å²) in [7, 11) is 0. The maximum absolute atomic E-state index is 12.2. The molecule has 0 aliphatic carbocycles. The lowest BCUT2D eigenvalue weighted by molar-refractivity contribution is -0.121. The highest BCUT2D eigenvalue weighted by atomic mass is 16.2. The third-order valence-electron chi connectivity index (χ3n) is 3.80. The fourth-order valence-electron chi connectivity index (χ4n) is 2.54. The zero-order valence-corrected chi connectivity index (χ0v) is 13.1. The van der Waals surface area contributed by atoms with Gasteiger partial charge in [-0.15, -0.1) is 0 Å². The standard InChI is InChI=1S/C17H17N5O2/c1-10-8-15(23)21-22-16(10)12-2-3-14(13(18)9-12)20-17(24)11-4-6-19-7-5-11/h2-7,9-10H,8,18H2,1H3,(H,20,24)(H,21,23). The number of nitrogens with two attached hydrogens (primary N) is 1. The van der Waals surface area contributed by atoms with Gasteiger partial charge in [0, 0.05) is 35.9 Å². The van der Waals surface area contributed by atoms with Crippen LogP contribution in [-0.4, -0.2) is 22.5 Å². The molecule has 2 heterocycles. The van der Waals surface area contributed by atoms with Gasteiger partial charge in [-0.1, -0.05) is 13.0 Å². The Labute approximate surface area is 139 Å². The van der Waals surface area contributed by atoms with Crippen LogP contribution in [0.1, 0.15) is 29.3 Å². The Morgan fingerprint density at radius 2 is 2.04 bits per heavy atom. The normalized spacial score (nSPS) is 17.0. The number of carbonyl (C=O) groups excluding carboxylic acids is 2. The van der Waals surface area contributed by atoms with Gasteiger partial charge in [-0.05, 0) is 24.3 Å². The zero-order valence-electron chi connectivity index (χ0n) is 13.1. The monoisotopic (exact) mass is 323 g/mol. The first-order valence-corrected chi connectivity index (χ1v) is 7.52. The first kappa shape index (κ1) is 15.7. The number of anilines is 2. The number of aromatic nitrogens is 1. The van der Waals surface area contributed by atoms with E-state index < -0.39 is 0 Å².